The van der Waals surface area contributed by atoms with Gasteiger partial charge in [0.1, 0.15) is 0 Å². The standard InChI is InChI=1S/C13H21N3/c1-13(11-14)5-8-16(9-6-13)10-12-4-2-3-7-15-12/h2-4,7H,5-6,8-11,14H2,1H3. The van der Waals surface area contributed by atoms with Gasteiger partial charge in [-0.25, -0.2) is 0 Å². The number of likely N-dealkylation sites (tertiary alicyclic amines) is 1. The van der Waals surface area contributed by atoms with Crippen molar-refractivity contribution in [2.75, 3.05) is 19.6 Å². The van der Waals surface area contributed by atoms with E-state index in [2.05, 4.69) is 28.9 Å². The first-order valence-electron chi connectivity index (χ1n) is 6.04. The number of piperidine rings is 1. The molecule has 0 unspecified atom stereocenters. The van der Waals surface area contributed by atoms with E-state index in [1.165, 1.54) is 18.5 Å². The highest BCUT2D eigenvalue weighted by atomic mass is 15.1. The first kappa shape index (κ1) is 11.6. The van der Waals surface area contributed by atoms with Crippen LogP contribution in [0.5, 0.6) is 0 Å². The maximum Gasteiger partial charge on any atom is 0.0543 e. The van der Waals surface area contributed by atoms with E-state index in [1.54, 1.807) is 0 Å². The number of nitrogens with zero attached hydrogens (tertiary/aromatic N) is 2. The van der Waals surface area contributed by atoms with Crippen LogP contribution in [-0.4, -0.2) is 29.5 Å². The van der Waals surface area contributed by atoms with Gasteiger partial charge in [-0.1, -0.05) is 13.0 Å². The van der Waals surface area contributed by atoms with Crippen LogP contribution in [0.4, 0.5) is 0 Å². The van der Waals surface area contributed by atoms with E-state index in [-0.39, 0.29) is 0 Å². The Hall–Kier alpha value is -0.930. The second-order valence-electron chi connectivity index (χ2n) is 5.11. The molecule has 1 aromatic rings. The topological polar surface area (TPSA) is 42.1 Å². The fraction of sp³-hybridized carbons (Fsp3) is 0.615. The number of pyridine rings is 1. The molecule has 3 nitrogen and oxygen atoms in total. The van der Waals surface area contributed by atoms with Crippen LogP contribution >= 0.6 is 0 Å². The quantitative estimate of drug-likeness (QED) is 0.840. The average Bonchev–Trinajstić information content (AvgIpc) is 2.34. The Kier molecular flexibility index (Phi) is 3.56. The van der Waals surface area contributed by atoms with Crippen molar-refractivity contribution in [3.63, 3.8) is 0 Å². The zero-order valence-corrected chi connectivity index (χ0v) is 10.0. The molecule has 0 aromatic carbocycles. The van der Waals surface area contributed by atoms with Crippen LogP contribution in [0.25, 0.3) is 0 Å². The minimum absolute atomic E-state index is 0.362. The lowest BCUT2D eigenvalue weighted by Crippen LogP contribution is -2.41. The molecule has 0 atom stereocenters. The third kappa shape index (κ3) is 2.80. The van der Waals surface area contributed by atoms with Gasteiger partial charge >= 0.3 is 0 Å². The fourth-order valence-corrected chi connectivity index (χ4v) is 2.18. The Bertz CT molecular complexity index is 315. The third-order valence-electron chi connectivity index (χ3n) is 3.67. The van der Waals surface area contributed by atoms with Gasteiger partial charge in [-0.2, -0.15) is 0 Å². The van der Waals surface area contributed by atoms with Gasteiger partial charge < -0.3 is 5.73 Å². The van der Waals surface area contributed by atoms with Crippen LogP contribution in [0.3, 0.4) is 0 Å². The Morgan fingerprint density at radius 1 is 1.38 bits per heavy atom. The molecule has 1 aliphatic rings. The largest absolute Gasteiger partial charge is 0.330 e. The fourth-order valence-electron chi connectivity index (χ4n) is 2.18. The summed E-state index contributed by atoms with van der Waals surface area (Å²) in [6.07, 6.45) is 4.27. The Morgan fingerprint density at radius 2 is 2.12 bits per heavy atom. The van der Waals surface area contributed by atoms with Crippen LogP contribution in [0.1, 0.15) is 25.5 Å². The first-order chi connectivity index (χ1) is 7.72. The summed E-state index contributed by atoms with van der Waals surface area (Å²) in [4.78, 5) is 6.83. The van der Waals surface area contributed by atoms with Crippen molar-refractivity contribution >= 4 is 0 Å². The van der Waals surface area contributed by atoms with Gasteiger partial charge in [0.15, 0.2) is 0 Å². The van der Waals surface area contributed by atoms with Crippen molar-refractivity contribution in [1.29, 1.82) is 0 Å². The molecular formula is C13H21N3. The normalized spacial score (nSPS) is 20.9. The molecule has 0 aliphatic carbocycles. The monoisotopic (exact) mass is 219 g/mol. The van der Waals surface area contributed by atoms with Crippen LogP contribution in [-0.2, 0) is 6.54 Å². The summed E-state index contributed by atoms with van der Waals surface area (Å²) >= 11 is 0. The molecular weight excluding hydrogens is 198 g/mol. The molecule has 16 heavy (non-hydrogen) atoms. The third-order valence-corrected chi connectivity index (χ3v) is 3.67. The smallest absolute Gasteiger partial charge is 0.0543 e. The van der Waals surface area contributed by atoms with E-state index in [0.717, 1.165) is 26.2 Å². The minimum atomic E-state index is 0.362. The average molecular weight is 219 g/mol. The molecule has 1 saturated heterocycles. The molecule has 1 aromatic heterocycles. The summed E-state index contributed by atoms with van der Waals surface area (Å²) in [6.45, 7) is 6.37. The van der Waals surface area contributed by atoms with Crippen molar-refractivity contribution in [2.24, 2.45) is 11.1 Å². The van der Waals surface area contributed by atoms with E-state index < -0.39 is 0 Å². The molecule has 2 rings (SSSR count). The molecule has 2 heterocycles. The van der Waals surface area contributed by atoms with E-state index in [9.17, 15) is 0 Å². The van der Waals surface area contributed by atoms with Gasteiger partial charge in [0.05, 0.1) is 5.69 Å². The van der Waals surface area contributed by atoms with Gasteiger partial charge in [0, 0.05) is 12.7 Å². The van der Waals surface area contributed by atoms with Crippen LogP contribution in [0.2, 0.25) is 0 Å². The lowest BCUT2D eigenvalue weighted by molar-refractivity contribution is 0.118. The van der Waals surface area contributed by atoms with Gasteiger partial charge in [0.25, 0.3) is 0 Å². The second-order valence-corrected chi connectivity index (χ2v) is 5.11. The molecule has 3 heteroatoms. The molecule has 0 amide bonds. The van der Waals surface area contributed by atoms with Crippen molar-refractivity contribution < 1.29 is 0 Å². The Labute approximate surface area is 97.7 Å². The number of rotatable bonds is 3. The minimum Gasteiger partial charge on any atom is -0.330 e. The summed E-state index contributed by atoms with van der Waals surface area (Å²) < 4.78 is 0. The maximum absolute atomic E-state index is 5.80. The van der Waals surface area contributed by atoms with Gasteiger partial charge in [-0.3, -0.25) is 9.88 Å². The lowest BCUT2D eigenvalue weighted by Gasteiger charge is -2.38. The van der Waals surface area contributed by atoms with Crippen molar-refractivity contribution in [1.82, 2.24) is 9.88 Å². The Morgan fingerprint density at radius 3 is 2.69 bits per heavy atom. The molecule has 0 radical (unpaired) electrons. The number of hydrogen-bond donors (Lipinski definition) is 1. The summed E-state index contributed by atoms with van der Waals surface area (Å²) in [5.41, 5.74) is 7.33. The SMILES string of the molecule is CC1(CN)CCN(Cc2ccccn2)CC1. The van der Waals surface area contributed by atoms with Gasteiger partial charge in [-0.15, -0.1) is 0 Å². The molecule has 1 fully saturated rings. The van der Waals surface area contributed by atoms with Crippen LogP contribution in [0, 0.1) is 5.41 Å². The van der Waals surface area contributed by atoms with Gasteiger partial charge in [-0.05, 0) is 50.0 Å². The molecule has 0 spiro atoms. The van der Waals surface area contributed by atoms with Gasteiger partial charge in [0.2, 0.25) is 0 Å². The molecule has 1 aliphatic heterocycles. The van der Waals surface area contributed by atoms with E-state index >= 15 is 0 Å². The summed E-state index contributed by atoms with van der Waals surface area (Å²) in [6, 6.07) is 6.11. The van der Waals surface area contributed by atoms with Crippen molar-refractivity contribution in [3.05, 3.63) is 30.1 Å². The number of nitrogens with two attached hydrogens (primary N) is 1. The molecule has 0 bridgehead atoms. The highest BCUT2D eigenvalue weighted by Gasteiger charge is 2.28. The summed E-state index contributed by atoms with van der Waals surface area (Å²) in [5.74, 6) is 0. The van der Waals surface area contributed by atoms with Crippen molar-refractivity contribution in [3.8, 4) is 0 Å². The highest BCUT2D eigenvalue weighted by Crippen LogP contribution is 2.29. The summed E-state index contributed by atoms with van der Waals surface area (Å²) in [7, 11) is 0. The highest BCUT2D eigenvalue weighted by molar-refractivity contribution is 5.03. The zero-order valence-electron chi connectivity index (χ0n) is 10.0. The van der Waals surface area contributed by atoms with Crippen LogP contribution in [0.15, 0.2) is 24.4 Å². The molecule has 2 N–H and O–H groups in total. The first-order valence-corrected chi connectivity index (χ1v) is 6.04. The van der Waals surface area contributed by atoms with E-state index in [4.69, 9.17) is 5.73 Å². The molecule has 0 saturated carbocycles. The Balaban J connectivity index is 1.86. The predicted octanol–water partition coefficient (Wildman–Crippen LogP) is 1.64. The predicted molar refractivity (Wildman–Crippen MR) is 65.9 cm³/mol. The number of hydrogen-bond acceptors (Lipinski definition) is 3. The van der Waals surface area contributed by atoms with Crippen molar-refractivity contribution in [2.45, 2.75) is 26.3 Å². The number of aromatic nitrogens is 1. The summed E-state index contributed by atoms with van der Waals surface area (Å²) in [5, 5.41) is 0. The zero-order chi connectivity index (χ0) is 11.4. The van der Waals surface area contributed by atoms with E-state index in [1.807, 2.05) is 12.3 Å². The lowest BCUT2D eigenvalue weighted by atomic mass is 9.80. The molecule has 88 valence electrons. The van der Waals surface area contributed by atoms with E-state index in [0.29, 0.717) is 5.41 Å². The maximum atomic E-state index is 5.80. The van der Waals surface area contributed by atoms with Crippen LogP contribution < -0.4 is 5.73 Å². The second kappa shape index (κ2) is 4.93.